The number of piperidine rings is 1. The molecule has 0 spiro atoms. The molecule has 0 radical (unpaired) electrons. The number of halogens is 2. The van der Waals surface area contributed by atoms with Gasteiger partial charge in [0, 0.05) is 18.9 Å². The van der Waals surface area contributed by atoms with Gasteiger partial charge < -0.3 is 10.6 Å². The number of hydrogen-bond donors (Lipinski definition) is 4. The zero-order valence-corrected chi connectivity index (χ0v) is 14.7. The van der Waals surface area contributed by atoms with Crippen LogP contribution in [0.25, 0.3) is 0 Å². The maximum Gasteiger partial charge on any atom is 0.278 e. The van der Waals surface area contributed by atoms with E-state index in [2.05, 4.69) is 15.7 Å². The van der Waals surface area contributed by atoms with E-state index in [-0.39, 0.29) is 22.1 Å². The molecule has 2 aliphatic heterocycles. The molecule has 27 heavy (non-hydrogen) atoms. The number of hydroxylamine groups is 3. The van der Waals surface area contributed by atoms with Crippen LogP contribution in [0.1, 0.15) is 23.2 Å². The first-order valence-electron chi connectivity index (χ1n) is 8.52. The Morgan fingerprint density at radius 2 is 1.85 bits per heavy atom. The lowest BCUT2D eigenvalue weighted by Gasteiger charge is -2.33. The second-order valence-electron chi connectivity index (χ2n) is 6.79. The number of carbonyl (C=O) groups excluding carboxylic acids is 2. The maximum absolute atomic E-state index is 13.7. The van der Waals surface area contributed by atoms with E-state index in [9.17, 15) is 23.6 Å². The summed E-state index contributed by atoms with van der Waals surface area (Å²) in [4.78, 5) is 24.7. The summed E-state index contributed by atoms with van der Waals surface area (Å²) in [5, 5.41) is 19.0. The van der Waals surface area contributed by atoms with Crippen molar-refractivity contribution in [2.24, 2.45) is 5.10 Å². The molecule has 1 saturated heterocycles. The molecule has 0 atom stereocenters. The summed E-state index contributed by atoms with van der Waals surface area (Å²) in [6, 6.07) is 2.99. The van der Waals surface area contributed by atoms with Crippen molar-refractivity contribution in [2.75, 3.05) is 20.1 Å². The van der Waals surface area contributed by atoms with E-state index >= 15 is 0 Å². The molecule has 3 rings (SSSR count). The molecule has 5 N–H and O–H groups in total. The van der Waals surface area contributed by atoms with E-state index in [1.54, 1.807) is 7.05 Å². The fraction of sp³-hybridized carbons (Fsp3) is 0.353. The molecule has 2 amide bonds. The number of nitrogens with one attached hydrogen (secondary N) is 2. The number of rotatable bonds is 4. The third-order valence-electron chi connectivity index (χ3n) is 4.61. The molecule has 0 unspecified atom stereocenters. The van der Waals surface area contributed by atoms with Gasteiger partial charge in [0.2, 0.25) is 5.71 Å². The lowest BCUT2D eigenvalue weighted by Crippen LogP contribution is -2.69. The Hall–Kier alpha value is -2.69. The monoisotopic (exact) mass is 381 g/mol. The van der Waals surface area contributed by atoms with Crippen LogP contribution in [0.5, 0.6) is 0 Å². The van der Waals surface area contributed by atoms with Gasteiger partial charge in [-0.3, -0.25) is 9.59 Å². The van der Waals surface area contributed by atoms with Crippen molar-refractivity contribution in [3.63, 3.8) is 0 Å². The molecule has 10 heteroatoms. The Morgan fingerprint density at radius 3 is 2.48 bits per heavy atom. The first-order valence-corrected chi connectivity index (χ1v) is 8.52. The van der Waals surface area contributed by atoms with Crippen molar-refractivity contribution in [1.82, 2.24) is 10.6 Å². The number of nitrogens with two attached hydrogens (primary N) is 1. The number of hydrogen-bond acceptors (Lipinski definition) is 4. The number of likely N-dealkylation sites (tertiary alicyclic amines) is 1. The zero-order chi connectivity index (χ0) is 19.6. The number of nitrogens with zero attached hydrogens (tertiary/aromatic N) is 2. The molecule has 1 aromatic rings. The Bertz CT molecular complexity index is 808. The van der Waals surface area contributed by atoms with Crippen LogP contribution in [0.4, 0.5) is 8.78 Å². The molecule has 8 nitrogen and oxygen atoms in total. The SMILES string of the molecule is C[N+]1(O)CCC(NC(=O)C2=N[NH2+]C=C2NC(=O)c2c(F)cccc2F)CC1. The van der Waals surface area contributed by atoms with Gasteiger partial charge in [-0.25, -0.2) is 14.0 Å². The molecular weight excluding hydrogens is 360 g/mol. The van der Waals surface area contributed by atoms with Crippen molar-refractivity contribution in [3.8, 4) is 0 Å². The van der Waals surface area contributed by atoms with Gasteiger partial charge in [0.15, 0.2) is 0 Å². The highest BCUT2D eigenvalue weighted by Crippen LogP contribution is 2.15. The summed E-state index contributed by atoms with van der Waals surface area (Å²) < 4.78 is 27.4. The molecule has 1 aromatic carbocycles. The fourth-order valence-corrected chi connectivity index (χ4v) is 3.04. The third-order valence-corrected chi connectivity index (χ3v) is 4.61. The van der Waals surface area contributed by atoms with Gasteiger partial charge >= 0.3 is 0 Å². The van der Waals surface area contributed by atoms with Crippen molar-refractivity contribution in [1.29, 1.82) is 0 Å². The highest BCUT2D eigenvalue weighted by molar-refractivity contribution is 6.45. The molecule has 144 valence electrons. The standard InChI is InChI=1S/C17H19F2N5O3/c1-24(27)7-5-10(6-8-24)21-17(26)15-13(9-20-23-15)22-16(25)14-11(18)3-2-4-12(14)19/h2-4,9-10,27H,5-8H2,1H3,(H2-,20,21,22,23,25,26)/p+2. The normalized spacial score (nSPS) is 24.8. The quantitative estimate of drug-likeness (QED) is 0.420. The van der Waals surface area contributed by atoms with Gasteiger partial charge in [0.1, 0.15) is 42.2 Å². The predicted octanol–water partition coefficient (Wildman–Crippen LogP) is -0.417. The van der Waals surface area contributed by atoms with E-state index in [4.69, 9.17) is 0 Å². The van der Waals surface area contributed by atoms with Crippen LogP contribution >= 0.6 is 0 Å². The van der Waals surface area contributed by atoms with Gasteiger partial charge in [-0.15, -0.1) is 0 Å². The van der Waals surface area contributed by atoms with Crippen LogP contribution in [0.15, 0.2) is 35.2 Å². The Balaban J connectivity index is 1.63. The van der Waals surface area contributed by atoms with Crippen molar-refractivity contribution in [3.05, 3.63) is 47.3 Å². The Morgan fingerprint density at radius 1 is 1.22 bits per heavy atom. The third kappa shape index (κ3) is 4.35. The highest BCUT2D eigenvalue weighted by atomic mass is 19.1. The zero-order valence-electron chi connectivity index (χ0n) is 14.7. The fourth-order valence-electron chi connectivity index (χ4n) is 3.04. The first-order chi connectivity index (χ1) is 12.8. The summed E-state index contributed by atoms with van der Waals surface area (Å²) in [5.41, 5.74) is 0.633. The Labute approximate surface area is 154 Å². The van der Waals surface area contributed by atoms with Crippen molar-refractivity contribution >= 4 is 17.5 Å². The van der Waals surface area contributed by atoms with Crippen LogP contribution in [0, 0.1) is 11.6 Å². The van der Waals surface area contributed by atoms with Crippen LogP contribution in [-0.2, 0) is 4.79 Å². The van der Waals surface area contributed by atoms with Crippen molar-refractivity contribution < 1.29 is 33.6 Å². The molecule has 0 aliphatic carbocycles. The van der Waals surface area contributed by atoms with Crippen molar-refractivity contribution in [2.45, 2.75) is 18.9 Å². The summed E-state index contributed by atoms with van der Waals surface area (Å²) in [6.45, 7) is 1.02. The lowest BCUT2D eigenvalue weighted by molar-refractivity contribution is -1.09. The van der Waals surface area contributed by atoms with Crippen LogP contribution in [0.2, 0.25) is 0 Å². The smallest absolute Gasteiger partial charge is 0.278 e. The summed E-state index contributed by atoms with van der Waals surface area (Å²) in [6.07, 6.45) is 2.58. The number of benzene rings is 1. The van der Waals surface area contributed by atoms with Crippen LogP contribution in [-0.4, -0.2) is 53.6 Å². The van der Waals surface area contributed by atoms with E-state index < -0.39 is 29.0 Å². The minimum atomic E-state index is -1.00. The second-order valence-corrected chi connectivity index (χ2v) is 6.79. The molecule has 2 heterocycles. The van der Waals surface area contributed by atoms with E-state index in [1.807, 2.05) is 0 Å². The van der Waals surface area contributed by atoms with Gasteiger partial charge in [0.05, 0.1) is 7.05 Å². The average molecular weight is 381 g/mol. The number of carbonyl (C=O) groups is 2. The summed E-state index contributed by atoms with van der Waals surface area (Å²) >= 11 is 0. The molecule has 0 bridgehead atoms. The number of amides is 2. The molecular formula is C17H21F2N5O3+2. The topological polar surface area (TPSA) is 107 Å². The highest BCUT2D eigenvalue weighted by Gasteiger charge is 2.33. The van der Waals surface area contributed by atoms with Crippen LogP contribution in [0.3, 0.4) is 0 Å². The Kier molecular flexibility index (Phi) is 5.31. The maximum atomic E-state index is 13.7. The van der Waals surface area contributed by atoms with Gasteiger partial charge in [-0.2, -0.15) is 10.1 Å². The molecule has 1 fully saturated rings. The van der Waals surface area contributed by atoms with E-state index in [1.165, 1.54) is 11.6 Å². The molecule has 2 aliphatic rings. The molecule has 0 saturated carbocycles. The molecule has 0 aromatic heterocycles. The number of quaternary nitrogens is 2. The van der Waals surface area contributed by atoms with E-state index in [0.29, 0.717) is 25.9 Å². The van der Waals surface area contributed by atoms with Gasteiger partial charge in [-0.05, 0) is 12.1 Å². The summed E-state index contributed by atoms with van der Waals surface area (Å²) in [5.74, 6) is -3.49. The first kappa shape index (κ1) is 19.1. The van der Waals surface area contributed by atoms with Gasteiger partial charge in [-0.1, -0.05) is 11.2 Å². The van der Waals surface area contributed by atoms with Gasteiger partial charge in [0.25, 0.3) is 11.8 Å². The largest absolute Gasteiger partial charge is 0.347 e. The predicted molar refractivity (Wildman–Crippen MR) is 90.1 cm³/mol. The lowest BCUT2D eigenvalue weighted by atomic mass is 10.0. The second kappa shape index (κ2) is 7.51. The van der Waals surface area contributed by atoms with E-state index in [0.717, 1.165) is 18.2 Å². The van der Waals surface area contributed by atoms with Crippen LogP contribution < -0.4 is 16.1 Å². The summed E-state index contributed by atoms with van der Waals surface area (Å²) in [7, 11) is 1.70. The minimum Gasteiger partial charge on any atom is -0.347 e. The average Bonchev–Trinajstić information content (AvgIpc) is 3.05. The minimum absolute atomic E-state index is 0.0353.